The van der Waals surface area contributed by atoms with Crippen LogP contribution in [0.3, 0.4) is 0 Å². The molecule has 0 aliphatic rings. The molecule has 0 atom stereocenters. The Morgan fingerprint density at radius 3 is 1.41 bits per heavy atom. The molecule has 54 heavy (non-hydrogen) atoms. The summed E-state index contributed by atoms with van der Waals surface area (Å²) in [5.74, 6) is 0. The van der Waals surface area contributed by atoms with Gasteiger partial charge in [-0.05, 0) is 122 Å². The highest BCUT2D eigenvalue weighted by molar-refractivity contribution is 6.28. The van der Waals surface area contributed by atoms with Gasteiger partial charge in [0.05, 0.1) is 0 Å². The van der Waals surface area contributed by atoms with Crippen LogP contribution in [0, 0.1) is 0 Å². The van der Waals surface area contributed by atoms with Crippen molar-refractivity contribution in [3.05, 3.63) is 206 Å². The number of hydrogen-bond donors (Lipinski definition) is 0. The zero-order valence-corrected chi connectivity index (χ0v) is 29.6. The molecule has 0 heteroatoms. The maximum atomic E-state index is 2.35. The molecule has 0 amide bonds. The second-order valence-corrected chi connectivity index (χ2v) is 14.4. The van der Waals surface area contributed by atoms with Crippen LogP contribution < -0.4 is 0 Å². The van der Waals surface area contributed by atoms with E-state index in [1.54, 1.807) is 0 Å². The molecule has 0 saturated carbocycles. The third kappa shape index (κ3) is 4.85. The quantitative estimate of drug-likeness (QED) is 0.159. The van der Waals surface area contributed by atoms with Crippen molar-refractivity contribution in [3.63, 3.8) is 0 Å². The number of hydrogen-bond acceptors (Lipinski definition) is 0. The molecule has 250 valence electrons. The number of fused-ring (bicyclic) bond motifs is 2. The van der Waals surface area contributed by atoms with Crippen molar-refractivity contribution in [1.82, 2.24) is 0 Å². The standard InChI is InChI=1S/C54H34/c1-2-12-36(13-3-1)43-31-32-49(46-18-7-6-17-45(43)46)47-19-8-9-20-48(47)50-28-24-38-25-29-51-44(27-23-37-26-30-52(50)54(38)53(37)51)42-16-10-15-40(34-42)41-22-21-35-11-4-5-14-39(35)33-41/h1-34H. The van der Waals surface area contributed by atoms with Crippen molar-refractivity contribution in [3.8, 4) is 55.6 Å². The van der Waals surface area contributed by atoms with Crippen LogP contribution in [0.4, 0.5) is 0 Å². The van der Waals surface area contributed by atoms with E-state index >= 15 is 0 Å². The van der Waals surface area contributed by atoms with E-state index in [0.717, 1.165) is 0 Å². The van der Waals surface area contributed by atoms with E-state index in [4.69, 9.17) is 0 Å². The molecule has 0 bridgehead atoms. The molecular formula is C54H34. The van der Waals surface area contributed by atoms with Gasteiger partial charge in [-0.2, -0.15) is 0 Å². The minimum Gasteiger partial charge on any atom is -0.0622 e. The topological polar surface area (TPSA) is 0 Å². The summed E-state index contributed by atoms with van der Waals surface area (Å²) in [6, 6.07) is 76.1. The second-order valence-electron chi connectivity index (χ2n) is 14.4. The molecule has 0 aliphatic carbocycles. The Morgan fingerprint density at radius 1 is 0.185 bits per heavy atom. The fraction of sp³-hybridized carbons (Fsp3) is 0. The molecule has 0 nitrogen and oxygen atoms in total. The predicted molar refractivity (Wildman–Crippen MR) is 232 cm³/mol. The maximum absolute atomic E-state index is 2.35. The van der Waals surface area contributed by atoms with Gasteiger partial charge in [0.2, 0.25) is 0 Å². The van der Waals surface area contributed by atoms with Gasteiger partial charge in [0.1, 0.15) is 0 Å². The molecule has 0 heterocycles. The summed E-state index contributed by atoms with van der Waals surface area (Å²) >= 11 is 0. The van der Waals surface area contributed by atoms with Crippen LogP contribution in [0.2, 0.25) is 0 Å². The first-order chi connectivity index (χ1) is 26.8. The second kappa shape index (κ2) is 12.3. The summed E-state index contributed by atoms with van der Waals surface area (Å²) in [6.45, 7) is 0. The van der Waals surface area contributed by atoms with Crippen molar-refractivity contribution >= 4 is 53.9 Å². The lowest BCUT2D eigenvalue weighted by atomic mass is 9.84. The summed E-state index contributed by atoms with van der Waals surface area (Å²) in [4.78, 5) is 0. The van der Waals surface area contributed by atoms with Crippen LogP contribution in [0.25, 0.3) is 109 Å². The van der Waals surface area contributed by atoms with Gasteiger partial charge in [0.15, 0.2) is 0 Å². The highest BCUT2D eigenvalue weighted by Gasteiger charge is 2.18. The van der Waals surface area contributed by atoms with Crippen LogP contribution in [0.5, 0.6) is 0 Å². The molecule has 0 unspecified atom stereocenters. The van der Waals surface area contributed by atoms with E-state index in [0.29, 0.717) is 0 Å². The molecule has 11 aromatic rings. The van der Waals surface area contributed by atoms with Crippen molar-refractivity contribution < 1.29 is 0 Å². The molecule has 0 aromatic heterocycles. The Balaban J connectivity index is 1.08. The molecule has 0 radical (unpaired) electrons. The minimum absolute atomic E-state index is 1.23. The number of benzene rings is 11. The minimum atomic E-state index is 1.23. The van der Waals surface area contributed by atoms with Crippen molar-refractivity contribution in [2.75, 3.05) is 0 Å². The summed E-state index contributed by atoms with van der Waals surface area (Å²) in [5, 5.41) is 12.8. The van der Waals surface area contributed by atoms with E-state index in [-0.39, 0.29) is 0 Å². The van der Waals surface area contributed by atoms with Gasteiger partial charge >= 0.3 is 0 Å². The largest absolute Gasteiger partial charge is 0.0622 e. The lowest BCUT2D eigenvalue weighted by molar-refractivity contribution is 1.61. The van der Waals surface area contributed by atoms with E-state index in [2.05, 4.69) is 206 Å². The van der Waals surface area contributed by atoms with Crippen molar-refractivity contribution in [1.29, 1.82) is 0 Å². The highest BCUT2D eigenvalue weighted by atomic mass is 14.2. The molecule has 0 saturated heterocycles. The first kappa shape index (κ1) is 30.6. The Kier molecular flexibility index (Phi) is 6.97. The predicted octanol–water partition coefficient (Wildman–Crippen LogP) is 15.2. The fourth-order valence-electron chi connectivity index (χ4n) is 8.88. The average Bonchev–Trinajstić information content (AvgIpc) is 3.25. The lowest BCUT2D eigenvalue weighted by Gasteiger charge is -2.19. The van der Waals surface area contributed by atoms with E-state index in [1.807, 2.05) is 0 Å². The Bertz CT molecular complexity index is 3200. The van der Waals surface area contributed by atoms with E-state index in [1.165, 1.54) is 109 Å². The highest BCUT2D eigenvalue weighted by Crippen LogP contribution is 2.46. The zero-order chi connectivity index (χ0) is 35.6. The Labute approximate surface area is 314 Å². The van der Waals surface area contributed by atoms with Gasteiger partial charge in [-0.1, -0.05) is 194 Å². The van der Waals surface area contributed by atoms with Gasteiger partial charge in [-0.25, -0.2) is 0 Å². The molecule has 0 N–H and O–H groups in total. The smallest absolute Gasteiger partial charge is 0.00203 e. The van der Waals surface area contributed by atoms with E-state index < -0.39 is 0 Å². The average molecular weight is 683 g/mol. The van der Waals surface area contributed by atoms with Crippen LogP contribution in [0.15, 0.2) is 206 Å². The first-order valence-corrected chi connectivity index (χ1v) is 18.8. The normalized spacial score (nSPS) is 11.7. The monoisotopic (exact) mass is 682 g/mol. The van der Waals surface area contributed by atoms with Crippen molar-refractivity contribution in [2.45, 2.75) is 0 Å². The summed E-state index contributed by atoms with van der Waals surface area (Å²) in [7, 11) is 0. The van der Waals surface area contributed by atoms with Gasteiger partial charge in [-0.3, -0.25) is 0 Å². The molecule has 11 aromatic carbocycles. The summed E-state index contributed by atoms with van der Waals surface area (Å²) in [5.41, 5.74) is 12.4. The van der Waals surface area contributed by atoms with Gasteiger partial charge < -0.3 is 0 Å². The SMILES string of the molecule is c1ccc(-c2ccc(-c3ccccc3-c3ccc4ccc5c(-c6cccc(-c7ccc8ccccc8c7)c6)ccc6ccc3c4c65)c3ccccc23)cc1. The first-order valence-electron chi connectivity index (χ1n) is 18.8. The Morgan fingerprint density at radius 2 is 0.648 bits per heavy atom. The summed E-state index contributed by atoms with van der Waals surface area (Å²) < 4.78 is 0. The van der Waals surface area contributed by atoms with Crippen LogP contribution in [-0.4, -0.2) is 0 Å². The van der Waals surface area contributed by atoms with Gasteiger partial charge in [0, 0.05) is 0 Å². The van der Waals surface area contributed by atoms with Crippen LogP contribution in [0.1, 0.15) is 0 Å². The number of rotatable bonds is 5. The third-order valence-electron chi connectivity index (χ3n) is 11.4. The molecule has 0 aliphatic heterocycles. The third-order valence-corrected chi connectivity index (χ3v) is 11.4. The zero-order valence-electron chi connectivity index (χ0n) is 29.6. The fourth-order valence-corrected chi connectivity index (χ4v) is 8.88. The molecular weight excluding hydrogens is 649 g/mol. The lowest BCUT2D eigenvalue weighted by Crippen LogP contribution is -1.92. The maximum Gasteiger partial charge on any atom is -0.00203 e. The van der Waals surface area contributed by atoms with Crippen molar-refractivity contribution in [2.24, 2.45) is 0 Å². The van der Waals surface area contributed by atoms with Gasteiger partial charge in [-0.15, -0.1) is 0 Å². The van der Waals surface area contributed by atoms with Gasteiger partial charge in [0.25, 0.3) is 0 Å². The van der Waals surface area contributed by atoms with E-state index in [9.17, 15) is 0 Å². The summed E-state index contributed by atoms with van der Waals surface area (Å²) in [6.07, 6.45) is 0. The molecule has 0 spiro atoms. The van der Waals surface area contributed by atoms with Crippen LogP contribution >= 0.6 is 0 Å². The van der Waals surface area contributed by atoms with Crippen LogP contribution in [-0.2, 0) is 0 Å². The molecule has 11 rings (SSSR count). The molecule has 0 fully saturated rings. The Hall–Kier alpha value is -7.02.